The van der Waals surface area contributed by atoms with Crippen molar-refractivity contribution in [3.63, 3.8) is 0 Å². The third-order valence-corrected chi connectivity index (χ3v) is 8.35. The maximum absolute atomic E-state index is 13.0. The van der Waals surface area contributed by atoms with Gasteiger partial charge in [-0.15, -0.1) is 11.3 Å². The Labute approximate surface area is 190 Å². The molecule has 3 aromatic rings. The summed E-state index contributed by atoms with van der Waals surface area (Å²) in [6.07, 6.45) is 3.57. The number of amides is 1. The molecule has 2 aromatic carbocycles. The van der Waals surface area contributed by atoms with Gasteiger partial charge >= 0.3 is 0 Å². The normalized spacial score (nSPS) is 12.7. The number of rotatable bonds is 11. The first-order valence-electron chi connectivity index (χ1n) is 9.96. The highest BCUT2D eigenvalue weighted by atomic mass is 32.2. The summed E-state index contributed by atoms with van der Waals surface area (Å²) < 4.78 is 30.0. The highest BCUT2D eigenvalue weighted by molar-refractivity contribution is 8.01. The van der Waals surface area contributed by atoms with Gasteiger partial charge in [-0.25, -0.2) is 18.9 Å². The molecule has 0 saturated heterocycles. The summed E-state index contributed by atoms with van der Waals surface area (Å²) >= 11 is 3.14. The number of unbranched alkanes of at least 4 members (excludes halogenated alkanes) is 2. The first kappa shape index (κ1) is 23.7. The van der Waals surface area contributed by atoms with Gasteiger partial charge in [0.2, 0.25) is 10.0 Å². The van der Waals surface area contributed by atoms with Crippen LogP contribution in [-0.4, -0.2) is 36.3 Å². The fourth-order valence-electron chi connectivity index (χ4n) is 3.00. The van der Waals surface area contributed by atoms with Gasteiger partial charge in [0.15, 0.2) is 4.34 Å². The van der Waals surface area contributed by atoms with Crippen molar-refractivity contribution in [3.8, 4) is 0 Å². The first-order valence-corrected chi connectivity index (χ1v) is 13.2. The predicted molar refractivity (Wildman–Crippen MR) is 124 cm³/mol. The van der Waals surface area contributed by atoms with Crippen LogP contribution in [0.15, 0.2) is 57.8 Å². The molecule has 1 aromatic heterocycles. The third kappa shape index (κ3) is 6.50. The Morgan fingerprint density at radius 3 is 2.68 bits per heavy atom. The van der Waals surface area contributed by atoms with Crippen molar-refractivity contribution < 1.29 is 18.4 Å². The maximum atomic E-state index is 13.0. The van der Waals surface area contributed by atoms with E-state index in [1.165, 1.54) is 23.8 Å². The average Bonchev–Trinajstić information content (AvgIpc) is 3.18. The molecule has 0 saturated carbocycles. The minimum absolute atomic E-state index is 0.0509. The minimum Gasteiger partial charge on any atom is -0.289 e. The highest BCUT2D eigenvalue weighted by Gasteiger charge is 2.26. The molecule has 0 unspecified atom stereocenters. The molecule has 0 fully saturated rings. The molecule has 3 N–H and O–H groups in total. The summed E-state index contributed by atoms with van der Waals surface area (Å²) in [5.74, 6) is 0.162. The van der Waals surface area contributed by atoms with Crippen molar-refractivity contribution in [2.24, 2.45) is 0 Å². The predicted octanol–water partition coefficient (Wildman–Crippen LogP) is 3.97. The summed E-state index contributed by atoms with van der Waals surface area (Å²) in [5, 5.41) is 9.06. The topological polar surface area (TPSA) is 108 Å². The monoisotopic (exact) mass is 479 g/mol. The summed E-state index contributed by atoms with van der Waals surface area (Å²) in [4.78, 5) is 16.7. The molecule has 1 heterocycles. The summed E-state index contributed by atoms with van der Waals surface area (Å²) in [7, 11) is -3.99. The second kappa shape index (κ2) is 11.1. The second-order valence-electron chi connectivity index (χ2n) is 7.00. The van der Waals surface area contributed by atoms with E-state index >= 15 is 0 Å². The zero-order valence-electron chi connectivity index (χ0n) is 17.1. The summed E-state index contributed by atoms with van der Waals surface area (Å²) in [6, 6.07) is 12.6. The Kier molecular flexibility index (Phi) is 8.44. The number of aromatic nitrogens is 1. The third-order valence-electron chi connectivity index (χ3n) is 4.63. The number of carbonyl (C=O) groups is 1. The van der Waals surface area contributed by atoms with Gasteiger partial charge in [-0.2, -0.15) is 4.72 Å². The van der Waals surface area contributed by atoms with Crippen molar-refractivity contribution in [1.82, 2.24) is 15.2 Å². The molecule has 0 radical (unpaired) electrons. The van der Waals surface area contributed by atoms with E-state index in [4.69, 9.17) is 5.21 Å². The van der Waals surface area contributed by atoms with Crippen LogP contribution < -0.4 is 10.2 Å². The van der Waals surface area contributed by atoms with Crippen LogP contribution in [0.4, 0.5) is 0 Å². The lowest BCUT2D eigenvalue weighted by Crippen LogP contribution is -2.47. The number of sulfonamides is 1. The molecule has 0 spiro atoms. The molecule has 10 heteroatoms. The molecule has 0 aliphatic carbocycles. The van der Waals surface area contributed by atoms with Gasteiger partial charge in [-0.3, -0.25) is 10.0 Å². The van der Waals surface area contributed by atoms with Crippen LogP contribution in [0.5, 0.6) is 0 Å². The molecule has 31 heavy (non-hydrogen) atoms. The van der Waals surface area contributed by atoms with Crippen molar-refractivity contribution in [2.75, 3.05) is 5.75 Å². The molecule has 0 aliphatic rings. The van der Waals surface area contributed by atoms with Crippen LogP contribution in [0, 0.1) is 0 Å². The summed E-state index contributed by atoms with van der Waals surface area (Å²) in [5.41, 5.74) is 3.06. The van der Waals surface area contributed by atoms with E-state index in [9.17, 15) is 13.2 Å². The number of nitrogens with one attached hydrogen (secondary N) is 2. The molecule has 0 aliphatic heterocycles. The number of hydroxylamine groups is 1. The molecule has 1 atom stereocenters. The molecule has 1 amide bonds. The van der Waals surface area contributed by atoms with Gasteiger partial charge < -0.3 is 0 Å². The smallest absolute Gasteiger partial charge is 0.261 e. The number of thiazole rings is 1. The van der Waals surface area contributed by atoms with E-state index in [0.29, 0.717) is 0 Å². The zero-order chi connectivity index (χ0) is 22.3. The molecular formula is C21H25N3O4S3. The van der Waals surface area contributed by atoms with Gasteiger partial charge in [0.25, 0.3) is 5.91 Å². The van der Waals surface area contributed by atoms with Crippen LogP contribution in [0.1, 0.15) is 31.7 Å². The molecule has 0 bridgehead atoms. The van der Waals surface area contributed by atoms with E-state index in [2.05, 4.69) is 16.6 Å². The Morgan fingerprint density at radius 2 is 1.97 bits per heavy atom. The van der Waals surface area contributed by atoms with E-state index in [1.54, 1.807) is 53.6 Å². The van der Waals surface area contributed by atoms with Crippen LogP contribution >= 0.6 is 23.1 Å². The summed E-state index contributed by atoms with van der Waals surface area (Å²) in [6.45, 7) is 2.16. The number of benzene rings is 2. The Morgan fingerprint density at radius 1 is 1.19 bits per heavy atom. The van der Waals surface area contributed by atoms with E-state index in [1.807, 2.05) is 6.07 Å². The fourth-order valence-corrected chi connectivity index (χ4v) is 6.47. The standard InChI is InChI=1S/C21H25N3O4S3/c1-2-3-7-12-29-21-22-17-11-10-16(14-19(17)30-21)31(27,28)24-18(20(25)23-26)13-15-8-5-4-6-9-15/h4-6,8-11,14,18,24,26H,2-3,7,12-13H2,1H3,(H,23,25)/t18-/m1/s1. The first-order chi connectivity index (χ1) is 14.9. The Hall–Kier alpha value is -1.98. The zero-order valence-corrected chi connectivity index (χ0v) is 19.5. The number of fused-ring (bicyclic) bond motifs is 1. The number of thioether (sulfide) groups is 1. The van der Waals surface area contributed by atoms with Crippen LogP contribution in [0.2, 0.25) is 0 Å². The van der Waals surface area contributed by atoms with Crippen LogP contribution in [0.3, 0.4) is 0 Å². The van der Waals surface area contributed by atoms with Crippen LogP contribution in [-0.2, 0) is 21.2 Å². The number of hydrogen-bond donors (Lipinski definition) is 3. The van der Waals surface area contributed by atoms with Gasteiger partial charge in [0.1, 0.15) is 6.04 Å². The van der Waals surface area contributed by atoms with Crippen molar-refractivity contribution >= 4 is 49.2 Å². The number of nitrogens with zero attached hydrogens (tertiary/aromatic N) is 1. The van der Waals surface area contributed by atoms with Crippen molar-refractivity contribution in [2.45, 2.75) is 47.9 Å². The van der Waals surface area contributed by atoms with Crippen molar-refractivity contribution in [1.29, 1.82) is 0 Å². The van der Waals surface area contributed by atoms with E-state index in [-0.39, 0.29) is 11.3 Å². The number of carbonyl (C=O) groups excluding carboxylic acids is 1. The molecule has 166 valence electrons. The van der Waals surface area contributed by atoms with Gasteiger partial charge in [-0.1, -0.05) is 61.9 Å². The molecular weight excluding hydrogens is 454 g/mol. The highest BCUT2D eigenvalue weighted by Crippen LogP contribution is 2.31. The van der Waals surface area contributed by atoms with Crippen LogP contribution in [0.25, 0.3) is 10.2 Å². The quantitative estimate of drug-likeness (QED) is 0.166. The van der Waals surface area contributed by atoms with Gasteiger partial charge in [-0.05, 0) is 36.6 Å². The Balaban J connectivity index is 1.77. The van der Waals surface area contributed by atoms with E-state index < -0.39 is 22.0 Å². The van der Waals surface area contributed by atoms with Crippen molar-refractivity contribution in [3.05, 3.63) is 54.1 Å². The lowest BCUT2D eigenvalue weighted by atomic mass is 10.1. The van der Waals surface area contributed by atoms with Gasteiger partial charge in [0, 0.05) is 5.75 Å². The Bertz CT molecular complexity index is 1120. The fraction of sp³-hybridized carbons (Fsp3) is 0.333. The van der Waals surface area contributed by atoms with E-state index in [0.717, 1.165) is 38.7 Å². The maximum Gasteiger partial charge on any atom is 0.261 e. The lowest BCUT2D eigenvalue weighted by molar-refractivity contribution is -0.130. The lowest BCUT2D eigenvalue weighted by Gasteiger charge is -2.17. The molecule has 3 rings (SSSR count). The minimum atomic E-state index is -3.99. The SMILES string of the molecule is CCCCCSc1nc2ccc(S(=O)(=O)N[C@H](Cc3ccccc3)C(=O)NO)cc2s1. The second-order valence-corrected chi connectivity index (χ2v) is 11.1. The van der Waals surface area contributed by atoms with Gasteiger partial charge in [0.05, 0.1) is 15.1 Å². The molecule has 7 nitrogen and oxygen atoms in total. The largest absolute Gasteiger partial charge is 0.289 e. The average molecular weight is 480 g/mol. The number of hydrogen-bond acceptors (Lipinski definition) is 7.